The average Bonchev–Trinajstić information content (AvgIpc) is 2.63. The summed E-state index contributed by atoms with van der Waals surface area (Å²) in [6.45, 7) is -0.00765. The lowest BCUT2D eigenvalue weighted by Crippen LogP contribution is -2.27. The molecule has 0 heterocycles. The molecule has 0 aliphatic rings. The summed E-state index contributed by atoms with van der Waals surface area (Å²) in [5.74, 6) is -1.91. The van der Waals surface area contributed by atoms with E-state index < -0.39 is 27.7 Å². The van der Waals surface area contributed by atoms with Gasteiger partial charge in [-0.2, -0.15) is 0 Å². The summed E-state index contributed by atoms with van der Waals surface area (Å²) in [5, 5.41) is 2.47. The summed E-state index contributed by atoms with van der Waals surface area (Å²) in [6.07, 6.45) is -0.0489. The fourth-order valence-electron chi connectivity index (χ4n) is 2.07. The number of methoxy groups -OCH3 is 1. The Hall–Kier alpha value is -2.65. The molecular weight excluding hydrogens is 399 g/mol. The topological polar surface area (TPSA) is 102 Å². The number of rotatable bonds is 7. The van der Waals surface area contributed by atoms with Crippen LogP contribution in [0.15, 0.2) is 47.4 Å². The molecule has 0 saturated heterocycles. The van der Waals surface area contributed by atoms with Crippen LogP contribution >= 0.6 is 11.6 Å². The number of para-hydroxylation sites is 1. The van der Waals surface area contributed by atoms with E-state index in [2.05, 4.69) is 14.8 Å². The van der Waals surface area contributed by atoms with Crippen molar-refractivity contribution in [3.05, 3.63) is 58.9 Å². The van der Waals surface area contributed by atoms with Crippen molar-refractivity contribution >= 4 is 39.2 Å². The first-order valence-corrected chi connectivity index (χ1v) is 9.52. The maximum atomic E-state index is 13.7. The number of anilines is 1. The Morgan fingerprint density at radius 1 is 1.19 bits per heavy atom. The third-order valence-electron chi connectivity index (χ3n) is 3.45. The number of esters is 1. The van der Waals surface area contributed by atoms with Gasteiger partial charge in [-0.25, -0.2) is 12.8 Å². The zero-order valence-electron chi connectivity index (χ0n) is 14.2. The summed E-state index contributed by atoms with van der Waals surface area (Å²) in [7, 11) is -2.93. The van der Waals surface area contributed by atoms with Crippen molar-refractivity contribution in [1.29, 1.82) is 0 Å². The van der Waals surface area contributed by atoms with Gasteiger partial charge in [-0.05, 0) is 30.3 Å². The number of sulfonamides is 1. The van der Waals surface area contributed by atoms with Gasteiger partial charge in [0.1, 0.15) is 5.82 Å². The van der Waals surface area contributed by atoms with Gasteiger partial charge in [-0.15, -0.1) is 0 Å². The highest BCUT2D eigenvalue weighted by Crippen LogP contribution is 2.23. The van der Waals surface area contributed by atoms with Crippen molar-refractivity contribution in [2.45, 2.75) is 11.3 Å². The number of carbonyl (C=O) groups excluding carboxylic acids is 2. The molecule has 0 unspecified atom stereocenters. The highest BCUT2D eigenvalue weighted by atomic mass is 35.5. The highest BCUT2D eigenvalue weighted by Gasteiger charge is 2.20. The molecule has 0 aromatic heterocycles. The molecule has 144 valence electrons. The zero-order valence-corrected chi connectivity index (χ0v) is 15.7. The quantitative estimate of drug-likeness (QED) is 0.678. The largest absolute Gasteiger partial charge is 0.469 e. The summed E-state index contributed by atoms with van der Waals surface area (Å²) < 4.78 is 45.2. The summed E-state index contributed by atoms with van der Waals surface area (Å²) in [5.41, 5.74) is -0.325. The Labute approximate surface area is 160 Å². The first-order valence-electron chi connectivity index (χ1n) is 7.66. The number of hydrogen-bond acceptors (Lipinski definition) is 5. The Morgan fingerprint density at radius 2 is 1.89 bits per heavy atom. The van der Waals surface area contributed by atoms with Crippen LogP contribution in [0.4, 0.5) is 10.1 Å². The lowest BCUT2D eigenvalue weighted by atomic mass is 10.2. The van der Waals surface area contributed by atoms with Crippen LogP contribution < -0.4 is 10.0 Å². The minimum atomic E-state index is -4.15. The van der Waals surface area contributed by atoms with E-state index in [1.54, 1.807) is 0 Å². The molecule has 7 nitrogen and oxygen atoms in total. The first-order chi connectivity index (χ1) is 12.7. The Kier molecular flexibility index (Phi) is 6.75. The van der Waals surface area contributed by atoms with Crippen molar-refractivity contribution in [3.8, 4) is 0 Å². The van der Waals surface area contributed by atoms with E-state index in [4.69, 9.17) is 11.6 Å². The molecule has 0 spiro atoms. The first kappa shape index (κ1) is 20.7. The second-order valence-corrected chi connectivity index (χ2v) is 7.40. The monoisotopic (exact) mass is 414 g/mol. The van der Waals surface area contributed by atoms with E-state index in [1.807, 2.05) is 0 Å². The smallest absolute Gasteiger partial charge is 0.307 e. The third-order valence-corrected chi connectivity index (χ3v) is 5.15. The van der Waals surface area contributed by atoms with E-state index in [-0.39, 0.29) is 34.1 Å². The number of benzene rings is 2. The normalized spacial score (nSPS) is 10.9. The molecule has 27 heavy (non-hydrogen) atoms. The lowest BCUT2D eigenvalue weighted by Gasteiger charge is -2.11. The fourth-order valence-corrected chi connectivity index (χ4v) is 3.37. The van der Waals surface area contributed by atoms with Gasteiger partial charge in [0.15, 0.2) is 0 Å². The fraction of sp³-hybridized carbons (Fsp3) is 0.176. The summed E-state index contributed by atoms with van der Waals surface area (Å²) in [4.78, 5) is 23.0. The molecule has 0 fully saturated rings. The van der Waals surface area contributed by atoms with Gasteiger partial charge < -0.3 is 10.1 Å². The van der Waals surface area contributed by atoms with Gasteiger partial charge in [0, 0.05) is 6.54 Å². The van der Waals surface area contributed by atoms with Gasteiger partial charge in [0.05, 0.1) is 34.7 Å². The maximum absolute atomic E-state index is 13.7. The van der Waals surface area contributed by atoms with Gasteiger partial charge in [-0.1, -0.05) is 23.7 Å². The third kappa shape index (κ3) is 5.41. The Bertz CT molecular complexity index is 966. The maximum Gasteiger partial charge on any atom is 0.307 e. The van der Waals surface area contributed by atoms with E-state index in [9.17, 15) is 22.4 Å². The van der Waals surface area contributed by atoms with Crippen LogP contribution in [0, 0.1) is 5.82 Å². The number of carbonyl (C=O) groups is 2. The van der Waals surface area contributed by atoms with E-state index in [0.29, 0.717) is 0 Å². The molecule has 0 saturated carbocycles. The zero-order chi connectivity index (χ0) is 20.0. The molecule has 2 N–H and O–H groups in total. The molecule has 0 aliphatic heterocycles. The molecule has 0 radical (unpaired) electrons. The number of halogens is 2. The average molecular weight is 415 g/mol. The lowest BCUT2D eigenvalue weighted by molar-refractivity contribution is -0.140. The van der Waals surface area contributed by atoms with Gasteiger partial charge in [0.25, 0.3) is 15.9 Å². The molecule has 2 aromatic carbocycles. The Morgan fingerprint density at radius 3 is 2.56 bits per heavy atom. The van der Waals surface area contributed by atoms with Crippen LogP contribution in [0.2, 0.25) is 5.02 Å². The van der Waals surface area contributed by atoms with Gasteiger partial charge in [0.2, 0.25) is 0 Å². The molecule has 2 aromatic rings. The van der Waals surface area contributed by atoms with E-state index >= 15 is 0 Å². The van der Waals surface area contributed by atoms with Crippen LogP contribution in [0.5, 0.6) is 0 Å². The number of hydrogen-bond donors (Lipinski definition) is 2. The summed E-state index contributed by atoms with van der Waals surface area (Å²) >= 11 is 5.97. The van der Waals surface area contributed by atoms with Crippen LogP contribution in [0.1, 0.15) is 16.8 Å². The number of ether oxygens (including phenoxy) is 1. The predicted molar refractivity (Wildman–Crippen MR) is 97.6 cm³/mol. The SMILES string of the molecule is COC(=O)CCNC(=O)c1cc(S(=O)(=O)Nc2ccccc2F)ccc1Cl. The highest BCUT2D eigenvalue weighted by molar-refractivity contribution is 7.92. The Balaban J connectivity index is 2.21. The molecule has 0 atom stereocenters. The molecule has 2 rings (SSSR count). The van der Waals surface area contributed by atoms with Crippen LogP contribution in [-0.4, -0.2) is 33.9 Å². The second-order valence-electron chi connectivity index (χ2n) is 5.31. The minimum absolute atomic E-state index is 0.00765. The van der Waals surface area contributed by atoms with Crippen molar-refractivity contribution in [3.63, 3.8) is 0 Å². The molecular formula is C17H16ClFN2O5S. The van der Waals surface area contributed by atoms with Crippen LogP contribution in [-0.2, 0) is 19.6 Å². The molecule has 0 bridgehead atoms. The molecule has 0 aliphatic carbocycles. The van der Waals surface area contributed by atoms with Gasteiger partial charge in [-0.3, -0.25) is 14.3 Å². The number of amides is 1. The predicted octanol–water partition coefficient (Wildman–Crippen LogP) is 2.57. The van der Waals surface area contributed by atoms with E-state index in [1.165, 1.54) is 37.4 Å². The van der Waals surface area contributed by atoms with E-state index in [0.717, 1.165) is 12.1 Å². The van der Waals surface area contributed by atoms with Crippen molar-refractivity contribution < 1.29 is 27.1 Å². The standard InChI is InChI=1S/C17H16ClFN2O5S/c1-26-16(22)8-9-20-17(23)12-10-11(6-7-13(12)18)27(24,25)21-15-5-3-2-4-14(15)19/h2-7,10,21H,8-9H2,1H3,(H,20,23). The van der Waals surface area contributed by atoms with Crippen LogP contribution in [0.3, 0.4) is 0 Å². The van der Waals surface area contributed by atoms with Crippen molar-refractivity contribution in [2.24, 2.45) is 0 Å². The van der Waals surface area contributed by atoms with Crippen molar-refractivity contribution in [2.75, 3.05) is 18.4 Å². The van der Waals surface area contributed by atoms with Crippen LogP contribution in [0.25, 0.3) is 0 Å². The minimum Gasteiger partial charge on any atom is -0.469 e. The molecule has 1 amide bonds. The number of nitrogens with one attached hydrogen (secondary N) is 2. The summed E-state index contributed by atoms with van der Waals surface area (Å²) in [6, 6.07) is 8.78. The molecule has 10 heteroatoms. The van der Waals surface area contributed by atoms with Crippen molar-refractivity contribution in [1.82, 2.24) is 5.32 Å². The second kappa shape index (κ2) is 8.83. The van der Waals surface area contributed by atoms with Gasteiger partial charge >= 0.3 is 5.97 Å².